The number of carbonyl (C=O) groups is 2. The molecule has 1 atom stereocenters. The molecule has 110 valence electrons. The number of halogens is 1. The van der Waals surface area contributed by atoms with Gasteiger partial charge in [0.2, 0.25) is 5.91 Å². The molecular formula is C14H18ClNO3S. The van der Waals surface area contributed by atoms with Gasteiger partial charge >= 0.3 is 5.97 Å². The van der Waals surface area contributed by atoms with Gasteiger partial charge in [0.05, 0.1) is 23.9 Å². The first kappa shape index (κ1) is 16.7. The van der Waals surface area contributed by atoms with Gasteiger partial charge in [0.15, 0.2) is 0 Å². The second kappa shape index (κ2) is 8.07. The zero-order valence-electron chi connectivity index (χ0n) is 11.6. The van der Waals surface area contributed by atoms with Gasteiger partial charge in [-0.2, -0.15) is 0 Å². The normalized spacial score (nSPS) is 11.8. The fourth-order valence-electron chi connectivity index (χ4n) is 1.71. The predicted molar refractivity (Wildman–Crippen MR) is 80.7 cm³/mol. The van der Waals surface area contributed by atoms with Crippen LogP contribution in [-0.4, -0.2) is 30.4 Å². The van der Waals surface area contributed by atoms with E-state index in [1.807, 2.05) is 6.07 Å². The Balaban J connectivity index is 2.67. The first-order valence-electron chi connectivity index (χ1n) is 6.18. The SMILES string of the molecule is C=CCN(Cc1ccc(Cl)s1)C(=O)CC(C)C(=O)OC. The average molecular weight is 316 g/mol. The van der Waals surface area contributed by atoms with Crippen LogP contribution in [0.3, 0.4) is 0 Å². The number of hydrogen-bond acceptors (Lipinski definition) is 4. The van der Waals surface area contributed by atoms with Gasteiger partial charge in [-0.15, -0.1) is 17.9 Å². The van der Waals surface area contributed by atoms with E-state index in [2.05, 4.69) is 11.3 Å². The number of carbonyl (C=O) groups excluding carboxylic acids is 2. The Morgan fingerprint density at radius 1 is 1.55 bits per heavy atom. The molecule has 1 rings (SSSR count). The second-order valence-electron chi connectivity index (χ2n) is 4.40. The highest BCUT2D eigenvalue weighted by Gasteiger charge is 2.21. The third-order valence-electron chi connectivity index (χ3n) is 2.76. The predicted octanol–water partition coefficient (Wildman–Crippen LogP) is 3.12. The highest BCUT2D eigenvalue weighted by atomic mass is 35.5. The van der Waals surface area contributed by atoms with E-state index in [1.165, 1.54) is 18.4 Å². The lowest BCUT2D eigenvalue weighted by atomic mass is 10.1. The van der Waals surface area contributed by atoms with E-state index in [-0.39, 0.29) is 18.3 Å². The average Bonchev–Trinajstić information content (AvgIpc) is 2.82. The van der Waals surface area contributed by atoms with E-state index >= 15 is 0 Å². The Bertz CT molecular complexity index is 487. The van der Waals surface area contributed by atoms with E-state index in [0.717, 1.165) is 4.88 Å². The lowest BCUT2D eigenvalue weighted by Crippen LogP contribution is -2.32. The van der Waals surface area contributed by atoms with Crippen molar-refractivity contribution >= 4 is 34.8 Å². The molecule has 4 nitrogen and oxygen atoms in total. The van der Waals surface area contributed by atoms with Crippen molar-refractivity contribution in [3.63, 3.8) is 0 Å². The molecule has 0 bridgehead atoms. The van der Waals surface area contributed by atoms with Crippen LogP contribution in [0.2, 0.25) is 4.34 Å². The minimum atomic E-state index is -0.452. The zero-order valence-corrected chi connectivity index (χ0v) is 13.2. The van der Waals surface area contributed by atoms with E-state index in [9.17, 15) is 9.59 Å². The minimum Gasteiger partial charge on any atom is -0.469 e. The van der Waals surface area contributed by atoms with Gasteiger partial charge < -0.3 is 9.64 Å². The molecule has 0 aliphatic rings. The van der Waals surface area contributed by atoms with Gasteiger partial charge in [-0.05, 0) is 12.1 Å². The Morgan fingerprint density at radius 3 is 2.75 bits per heavy atom. The molecule has 1 amide bonds. The standard InChI is InChI=1S/C14H18ClNO3S/c1-4-7-16(9-11-5-6-12(15)20-11)13(17)8-10(2)14(18)19-3/h4-6,10H,1,7-9H2,2-3H3. The summed E-state index contributed by atoms with van der Waals surface area (Å²) in [5.74, 6) is -0.935. The van der Waals surface area contributed by atoms with Crippen LogP contribution in [0.15, 0.2) is 24.8 Å². The fraction of sp³-hybridized carbons (Fsp3) is 0.429. The fourth-order valence-corrected chi connectivity index (χ4v) is 2.81. The molecule has 0 aliphatic carbocycles. The number of methoxy groups -OCH3 is 1. The quantitative estimate of drug-likeness (QED) is 0.574. The van der Waals surface area contributed by atoms with E-state index < -0.39 is 5.92 Å². The van der Waals surface area contributed by atoms with Crippen LogP contribution in [0.25, 0.3) is 0 Å². The number of amides is 1. The molecule has 1 heterocycles. The maximum Gasteiger partial charge on any atom is 0.308 e. The van der Waals surface area contributed by atoms with Crippen LogP contribution in [0.5, 0.6) is 0 Å². The summed E-state index contributed by atoms with van der Waals surface area (Å²) in [6.45, 7) is 6.23. The smallest absolute Gasteiger partial charge is 0.308 e. The highest BCUT2D eigenvalue weighted by Crippen LogP contribution is 2.23. The first-order chi connectivity index (χ1) is 9.47. The topological polar surface area (TPSA) is 46.6 Å². The van der Waals surface area contributed by atoms with Crippen molar-refractivity contribution in [2.75, 3.05) is 13.7 Å². The third kappa shape index (κ3) is 4.98. The van der Waals surface area contributed by atoms with Gasteiger partial charge in [0, 0.05) is 17.8 Å². The maximum atomic E-state index is 12.2. The molecule has 1 unspecified atom stereocenters. The summed E-state index contributed by atoms with van der Waals surface area (Å²) >= 11 is 7.31. The number of esters is 1. The van der Waals surface area contributed by atoms with Crippen molar-refractivity contribution in [1.82, 2.24) is 4.90 Å². The molecule has 0 spiro atoms. The van der Waals surface area contributed by atoms with E-state index in [0.29, 0.717) is 17.4 Å². The number of rotatable bonds is 7. The molecule has 20 heavy (non-hydrogen) atoms. The lowest BCUT2D eigenvalue weighted by Gasteiger charge is -2.21. The Morgan fingerprint density at radius 2 is 2.25 bits per heavy atom. The minimum absolute atomic E-state index is 0.104. The Labute approximate surface area is 128 Å². The molecule has 0 aromatic carbocycles. The van der Waals surface area contributed by atoms with Gasteiger partial charge in [-0.25, -0.2) is 0 Å². The van der Waals surface area contributed by atoms with Crippen LogP contribution >= 0.6 is 22.9 Å². The van der Waals surface area contributed by atoms with Crippen molar-refractivity contribution in [2.45, 2.75) is 19.9 Å². The van der Waals surface area contributed by atoms with Crippen LogP contribution in [-0.2, 0) is 20.9 Å². The largest absolute Gasteiger partial charge is 0.469 e. The van der Waals surface area contributed by atoms with Crippen LogP contribution in [0.1, 0.15) is 18.2 Å². The number of ether oxygens (including phenoxy) is 1. The summed E-state index contributed by atoms with van der Waals surface area (Å²) in [6, 6.07) is 3.69. The molecule has 0 fully saturated rings. The van der Waals surface area contributed by atoms with Gasteiger partial charge in [0.1, 0.15) is 0 Å². The summed E-state index contributed by atoms with van der Waals surface area (Å²) < 4.78 is 5.32. The molecule has 0 N–H and O–H groups in total. The summed E-state index contributed by atoms with van der Waals surface area (Å²) in [5, 5.41) is 0. The van der Waals surface area contributed by atoms with Crippen molar-refractivity contribution < 1.29 is 14.3 Å². The number of nitrogens with zero attached hydrogens (tertiary/aromatic N) is 1. The van der Waals surface area contributed by atoms with E-state index in [1.54, 1.807) is 24.0 Å². The van der Waals surface area contributed by atoms with Crippen molar-refractivity contribution in [1.29, 1.82) is 0 Å². The highest BCUT2D eigenvalue weighted by molar-refractivity contribution is 7.16. The number of thiophene rings is 1. The molecule has 1 aromatic heterocycles. The Hall–Kier alpha value is -1.33. The molecule has 6 heteroatoms. The second-order valence-corrected chi connectivity index (χ2v) is 6.20. The molecule has 1 aromatic rings. The molecule has 0 saturated heterocycles. The summed E-state index contributed by atoms with van der Waals surface area (Å²) in [4.78, 5) is 26.2. The molecule has 0 saturated carbocycles. The Kier molecular flexibility index (Phi) is 6.75. The van der Waals surface area contributed by atoms with Gasteiger partial charge in [-0.1, -0.05) is 24.6 Å². The summed E-state index contributed by atoms with van der Waals surface area (Å²) in [7, 11) is 1.32. The third-order valence-corrected chi connectivity index (χ3v) is 3.98. The van der Waals surface area contributed by atoms with Crippen LogP contribution in [0, 0.1) is 5.92 Å². The van der Waals surface area contributed by atoms with Gasteiger partial charge in [-0.3, -0.25) is 9.59 Å². The molecule has 0 radical (unpaired) electrons. The first-order valence-corrected chi connectivity index (χ1v) is 7.38. The zero-order chi connectivity index (χ0) is 15.1. The molecule has 0 aliphatic heterocycles. The summed E-state index contributed by atoms with van der Waals surface area (Å²) in [6.07, 6.45) is 1.79. The maximum absolute atomic E-state index is 12.2. The van der Waals surface area contributed by atoms with Gasteiger partial charge in [0.25, 0.3) is 0 Å². The van der Waals surface area contributed by atoms with Crippen LogP contribution in [0.4, 0.5) is 0 Å². The van der Waals surface area contributed by atoms with Crippen molar-refractivity contribution in [3.8, 4) is 0 Å². The van der Waals surface area contributed by atoms with Crippen molar-refractivity contribution in [2.24, 2.45) is 5.92 Å². The summed E-state index contributed by atoms with van der Waals surface area (Å²) in [5.41, 5.74) is 0. The lowest BCUT2D eigenvalue weighted by molar-refractivity contribution is -0.148. The van der Waals surface area contributed by atoms with E-state index in [4.69, 9.17) is 11.6 Å². The van der Waals surface area contributed by atoms with Crippen molar-refractivity contribution in [3.05, 3.63) is 34.0 Å². The monoisotopic (exact) mass is 315 g/mol. The van der Waals surface area contributed by atoms with Crippen LogP contribution < -0.4 is 0 Å². The number of hydrogen-bond donors (Lipinski definition) is 0. The molecular weight excluding hydrogens is 298 g/mol.